The fourth-order valence-corrected chi connectivity index (χ4v) is 2.76. The molecular weight excluding hydrogens is 370 g/mol. The summed E-state index contributed by atoms with van der Waals surface area (Å²) in [5, 5.41) is 5.25. The number of hydrogen-bond acceptors (Lipinski definition) is 5. The average Bonchev–Trinajstić information content (AvgIpc) is 2.75. The van der Waals surface area contributed by atoms with E-state index in [2.05, 4.69) is 15.6 Å². The highest BCUT2D eigenvalue weighted by Crippen LogP contribution is 2.25. The second-order valence-electron chi connectivity index (χ2n) is 6.32. The van der Waals surface area contributed by atoms with E-state index >= 15 is 0 Å². The Morgan fingerprint density at radius 2 is 1.72 bits per heavy atom. The smallest absolute Gasteiger partial charge is 0.339 e. The van der Waals surface area contributed by atoms with Gasteiger partial charge in [-0.1, -0.05) is 55.5 Å². The number of nitrogens with zero attached hydrogens (tertiary/aromatic N) is 1. The van der Waals surface area contributed by atoms with Gasteiger partial charge in [0.15, 0.2) is 6.61 Å². The van der Waals surface area contributed by atoms with Gasteiger partial charge >= 0.3 is 12.0 Å². The first-order chi connectivity index (χ1) is 14.1. The van der Waals surface area contributed by atoms with Gasteiger partial charge in [-0.25, -0.2) is 14.6 Å². The van der Waals surface area contributed by atoms with Crippen LogP contribution in [0.15, 0.2) is 60.7 Å². The molecule has 0 saturated carbocycles. The van der Waals surface area contributed by atoms with Crippen molar-refractivity contribution in [2.24, 2.45) is 0 Å². The first kappa shape index (κ1) is 20.0. The lowest BCUT2D eigenvalue weighted by atomic mass is 10.0. The van der Waals surface area contributed by atoms with Gasteiger partial charge in [0.1, 0.15) is 0 Å². The van der Waals surface area contributed by atoms with Gasteiger partial charge in [-0.3, -0.25) is 10.1 Å². The highest BCUT2D eigenvalue weighted by Gasteiger charge is 2.17. The molecular formula is C22H21N3O4. The number of urea groups is 1. The second-order valence-corrected chi connectivity index (χ2v) is 6.32. The van der Waals surface area contributed by atoms with Gasteiger partial charge < -0.3 is 10.1 Å². The molecule has 7 nitrogen and oxygen atoms in total. The third-order valence-corrected chi connectivity index (χ3v) is 4.13. The molecule has 2 aromatic carbocycles. The molecule has 1 aromatic heterocycles. The summed E-state index contributed by atoms with van der Waals surface area (Å²) >= 11 is 0. The molecule has 0 fully saturated rings. The lowest BCUT2D eigenvalue weighted by molar-refractivity contribution is -0.123. The number of ether oxygens (including phenoxy) is 1. The Hall–Kier alpha value is -3.74. The molecule has 0 aliphatic carbocycles. The van der Waals surface area contributed by atoms with Gasteiger partial charge in [-0.15, -0.1) is 0 Å². The van der Waals surface area contributed by atoms with Crippen molar-refractivity contribution in [3.63, 3.8) is 0 Å². The number of imide groups is 1. The van der Waals surface area contributed by atoms with Crippen LogP contribution in [-0.2, 0) is 9.53 Å². The number of para-hydroxylation sites is 1. The highest BCUT2D eigenvalue weighted by molar-refractivity contribution is 6.05. The zero-order chi connectivity index (χ0) is 20.6. The van der Waals surface area contributed by atoms with Crippen LogP contribution in [0.3, 0.4) is 0 Å². The molecule has 3 aromatic rings. The van der Waals surface area contributed by atoms with Gasteiger partial charge in [-0.05, 0) is 18.6 Å². The Balaban J connectivity index is 1.78. The second kappa shape index (κ2) is 9.45. The molecule has 1 heterocycles. The number of fused-ring (bicyclic) bond motifs is 1. The molecule has 29 heavy (non-hydrogen) atoms. The summed E-state index contributed by atoms with van der Waals surface area (Å²) in [4.78, 5) is 40.6. The topological polar surface area (TPSA) is 97.4 Å². The molecule has 0 saturated heterocycles. The summed E-state index contributed by atoms with van der Waals surface area (Å²) in [6, 6.07) is 17.7. The van der Waals surface area contributed by atoms with Crippen molar-refractivity contribution < 1.29 is 19.1 Å². The predicted molar refractivity (Wildman–Crippen MR) is 109 cm³/mol. The zero-order valence-electron chi connectivity index (χ0n) is 16.0. The highest BCUT2D eigenvalue weighted by atomic mass is 16.5. The van der Waals surface area contributed by atoms with Crippen molar-refractivity contribution in [2.75, 3.05) is 13.2 Å². The number of aromatic nitrogens is 1. The molecule has 0 spiro atoms. The van der Waals surface area contributed by atoms with Crippen LogP contribution < -0.4 is 10.6 Å². The number of esters is 1. The van der Waals surface area contributed by atoms with E-state index in [0.717, 1.165) is 12.0 Å². The molecule has 148 valence electrons. The molecule has 0 unspecified atom stereocenters. The molecule has 0 atom stereocenters. The Bertz CT molecular complexity index is 1030. The predicted octanol–water partition coefficient (Wildman–Crippen LogP) is 3.29. The summed E-state index contributed by atoms with van der Waals surface area (Å²) in [5.41, 5.74) is 2.43. The van der Waals surface area contributed by atoms with Crippen molar-refractivity contribution in [3.05, 3.63) is 66.2 Å². The van der Waals surface area contributed by atoms with Crippen LogP contribution in [0, 0.1) is 0 Å². The maximum absolute atomic E-state index is 12.7. The van der Waals surface area contributed by atoms with E-state index in [0.29, 0.717) is 28.7 Å². The lowest BCUT2D eigenvalue weighted by Crippen LogP contribution is -2.41. The quantitative estimate of drug-likeness (QED) is 0.629. The minimum Gasteiger partial charge on any atom is -0.452 e. The summed E-state index contributed by atoms with van der Waals surface area (Å²) in [6.07, 6.45) is 0.745. The summed E-state index contributed by atoms with van der Waals surface area (Å²) in [6.45, 7) is 1.78. The van der Waals surface area contributed by atoms with Gasteiger partial charge in [0.2, 0.25) is 0 Å². The number of carbonyl (C=O) groups is 3. The van der Waals surface area contributed by atoms with Crippen molar-refractivity contribution in [1.29, 1.82) is 0 Å². The number of hydrogen-bond donors (Lipinski definition) is 2. The Labute approximate surface area is 168 Å². The molecule has 0 radical (unpaired) electrons. The fraction of sp³-hybridized carbons (Fsp3) is 0.182. The molecule has 7 heteroatoms. The van der Waals surface area contributed by atoms with Crippen LogP contribution in [0.5, 0.6) is 0 Å². The van der Waals surface area contributed by atoms with Crippen LogP contribution in [0.1, 0.15) is 23.7 Å². The first-order valence-electron chi connectivity index (χ1n) is 9.28. The lowest BCUT2D eigenvalue weighted by Gasteiger charge is -2.10. The minimum atomic E-state index is -0.700. The maximum Gasteiger partial charge on any atom is 0.339 e. The fourth-order valence-electron chi connectivity index (χ4n) is 2.76. The summed E-state index contributed by atoms with van der Waals surface area (Å²) < 4.78 is 5.14. The molecule has 0 aliphatic heterocycles. The van der Waals surface area contributed by atoms with E-state index < -0.39 is 24.5 Å². The third-order valence-electron chi connectivity index (χ3n) is 4.13. The number of pyridine rings is 1. The monoisotopic (exact) mass is 391 g/mol. The minimum absolute atomic E-state index is 0.303. The normalized spacial score (nSPS) is 10.4. The van der Waals surface area contributed by atoms with Gasteiger partial charge in [0.05, 0.1) is 16.8 Å². The van der Waals surface area contributed by atoms with Gasteiger partial charge in [0.25, 0.3) is 5.91 Å². The molecule has 0 aliphatic rings. The Morgan fingerprint density at radius 3 is 2.48 bits per heavy atom. The molecule has 2 N–H and O–H groups in total. The van der Waals surface area contributed by atoms with Gasteiger partial charge in [-0.2, -0.15) is 0 Å². The SMILES string of the molecule is CCCNC(=O)NC(=O)COC(=O)c1cc(-c2ccccc2)nc2ccccc12. The largest absolute Gasteiger partial charge is 0.452 e. The van der Waals surface area contributed by atoms with Crippen molar-refractivity contribution in [2.45, 2.75) is 13.3 Å². The summed E-state index contributed by atoms with van der Waals surface area (Å²) in [5.74, 6) is -1.36. The van der Waals surface area contributed by atoms with E-state index in [1.165, 1.54) is 0 Å². The van der Waals surface area contributed by atoms with Crippen LogP contribution in [0.4, 0.5) is 4.79 Å². The van der Waals surface area contributed by atoms with Gasteiger partial charge in [0, 0.05) is 17.5 Å². The van der Waals surface area contributed by atoms with Crippen LogP contribution in [0.2, 0.25) is 0 Å². The van der Waals surface area contributed by atoms with Crippen LogP contribution in [0.25, 0.3) is 22.2 Å². The van der Waals surface area contributed by atoms with E-state index in [9.17, 15) is 14.4 Å². The zero-order valence-corrected chi connectivity index (χ0v) is 16.0. The standard InChI is InChI=1S/C22H21N3O4/c1-2-12-23-22(28)25-20(26)14-29-21(27)17-13-19(15-8-4-3-5-9-15)24-18-11-7-6-10-16(17)18/h3-11,13H,2,12,14H2,1H3,(H2,23,25,26,28). The number of rotatable bonds is 6. The number of carbonyl (C=O) groups excluding carboxylic acids is 3. The van der Waals surface area contributed by atoms with E-state index in [4.69, 9.17) is 4.74 Å². The van der Waals surface area contributed by atoms with Crippen molar-refractivity contribution in [3.8, 4) is 11.3 Å². The van der Waals surface area contributed by atoms with E-state index in [1.54, 1.807) is 18.2 Å². The first-order valence-corrected chi connectivity index (χ1v) is 9.28. The number of benzene rings is 2. The molecule has 3 rings (SSSR count). The number of nitrogens with one attached hydrogen (secondary N) is 2. The average molecular weight is 391 g/mol. The summed E-state index contributed by atoms with van der Waals surface area (Å²) in [7, 11) is 0. The molecule has 0 bridgehead atoms. The number of amides is 3. The van der Waals surface area contributed by atoms with E-state index in [-0.39, 0.29) is 0 Å². The van der Waals surface area contributed by atoms with Crippen LogP contribution >= 0.6 is 0 Å². The van der Waals surface area contributed by atoms with Crippen molar-refractivity contribution >= 4 is 28.8 Å². The maximum atomic E-state index is 12.7. The third kappa shape index (κ3) is 5.16. The Kier molecular flexibility index (Phi) is 6.52. The van der Waals surface area contributed by atoms with Crippen LogP contribution in [-0.4, -0.2) is 36.0 Å². The van der Waals surface area contributed by atoms with E-state index in [1.807, 2.05) is 49.4 Å². The molecule has 3 amide bonds. The van der Waals surface area contributed by atoms with Crippen molar-refractivity contribution in [1.82, 2.24) is 15.6 Å². The Morgan fingerprint density at radius 1 is 1.00 bits per heavy atom.